The maximum absolute atomic E-state index is 11.8. The van der Waals surface area contributed by atoms with E-state index < -0.39 is 5.97 Å². The molecule has 8 heteroatoms. The van der Waals surface area contributed by atoms with E-state index >= 15 is 0 Å². The third-order valence-corrected chi connectivity index (χ3v) is 4.47. The summed E-state index contributed by atoms with van der Waals surface area (Å²) in [5.74, 6) is -0.515. The summed E-state index contributed by atoms with van der Waals surface area (Å²) in [6, 6.07) is 1.70. The van der Waals surface area contributed by atoms with Gasteiger partial charge in [-0.05, 0) is 42.2 Å². The first-order valence-corrected chi connectivity index (χ1v) is 7.72. The van der Waals surface area contributed by atoms with Crippen molar-refractivity contribution in [1.29, 1.82) is 0 Å². The SMILES string of the molecule is CC(CCCc1c(N)nc(N)[nH]c1=O)c1csc(C(=O)O)c1. The minimum atomic E-state index is -0.907. The van der Waals surface area contributed by atoms with Crippen molar-refractivity contribution in [2.45, 2.75) is 32.1 Å². The molecule has 2 aromatic heterocycles. The van der Waals surface area contributed by atoms with Gasteiger partial charge in [0.2, 0.25) is 5.95 Å². The lowest BCUT2D eigenvalue weighted by molar-refractivity contribution is 0.0702. The van der Waals surface area contributed by atoms with E-state index in [-0.39, 0.29) is 23.2 Å². The Morgan fingerprint density at radius 1 is 1.50 bits per heavy atom. The normalized spacial score (nSPS) is 12.2. The summed E-state index contributed by atoms with van der Waals surface area (Å²) in [5.41, 5.74) is 12.3. The van der Waals surface area contributed by atoms with Crippen molar-refractivity contribution in [3.63, 3.8) is 0 Å². The Morgan fingerprint density at radius 2 is 2.23 bits per heavy atom. The Morgan fingerprint density at radius 3 is 2.82 bits per heavy atom. The van der Waals surface area contributed by atoms with E-state index in [1.54, 1.807) is 6.07 Å². The minimum Gasteiger partial charge on any atom is -0.477 e. The number of hydrogen-bond acceptors (Lipinski definition) is 6. The average Bonchev–Trinajstić information content (AvgIpc) is 2.91. The smallest absolute Gasteiger partial charge is 0.345 e. The van der Waals surface area contributed by atoms with Crippen LogP contribution in [0.25, 0.3) is 0 Å². The van der Waals surface area contributed by atoms with Crippen LogP contribution in [0.2, 0.25) is 0 Å². The Kier molecular flexibility index (Phi) is 4.81. The number of aromatic carboxylic acids is 1. The van der Waals surface area contributed by atoms with Crippen LogP contribution in [0.1, 0.15) is 46.5 Å². The summed E-state index contributed by atoms with van der Waals surface area (Å²) >= 11 is 1.22. The van der Waals surface area contributed by atoms with Gasteiger partial charge in [0.15, 0.2) is 0 Å². The summed E-state index contributed by atoms with van der Waals surface area (Å²) in [6.07, 6.45) is 2.08. The largest absolute Gasteiger partial charge is 0.477 e. The maximum Gasteiger partial charge on any atom is 0.345 e. The van der Waals surface area contributed by atoms with Gasteiger partial charge in [-0.15, -0.1) is 11.3 Å². The minimum absolute atomic E-state index is 0.0130. The fraction of sp³-hybridized carbons (Fsp3) is 0.357. The fourth-order valence-corrected chi connectivity index (χ4v) is 3.12. The van der Waals surface area contributed by atoms with Gasteiger partial charge < -0.3 is 16.6 Å². The van der Waals surface area contributed by atoms with Gasteiger partial charge in [-0.3, -0.25) is 9.78 Å². The van der Waals surface area contributed by atoms with Crippen molar-refractivity contribution in [3.8, 4) is 0 Å². The molecule has 0 amide bonds. The number of aromatic amines is 1. The van der Waals surface area contributed by atoms with E-state index in [1.807, 2.05) is 12.3 Å². The lowest BCUT2D eigenvalue weighted by Gasteiger charge is -2.10. The van der Waals surface area contributed by atoms with Crippen molar-refractivity contribution in [2.75, 3.05) is 11.5 Å². The second-order valence-corrected chi connectivity index (χ2v) is 6.07. The zero-order chi connectivity index (χ0) is 16.3. The van der Waals surface area contributed by atoms with Gasteiger partial charge in [-0.1, -0.05) is 6.92 Å². The molecule has 0 aliphatic heterocycles. The predicted molar refractivity (Wildman–Crippen MR) is 86.3 cm³/mol. The first-order valence-electron chi connectivity index (χ1n) is 6.84. The second-order valence-electron chi connectivity index (χ2n) is 5.16. The fourth-order valence-electron chi connectivity index (χ4n) is 2.25. The van der Waals surface area contributed by atoms with Crippen molar-refractivity contribution < 1.29 is 9.90 Å². The highest BCUT2D eigenvalue weighted by molar-refractivity contribution is 7.12. The van der Waals surface area contributed by atoms with Crippen molar-refractivity contribution in [3.05, 3.63) is 37.8 Å². The zero-order valence-corrected chi connectivity index (χ0v) is 12.9. The Hall–Kier alpha value is -2.35. The highest BCUT2D eigenvalue weighted by atomic mass is 32.1. The van der Waals surface area contributed by atoms with Gasteiger partial charge in [0.25, 0.3) is 5.56 Å². The van der Waals surface area contributed by atoms with Crippen molar-refractivity contribution in [2.24, 2.45) is 0 Å². The molecule has 0 aliphatic carbocycles. The van der Waals surface area contributed by atoms with Crippen LogP contribution in [-0.2, 0) is 6.42 Å². The highest BCUT2D eigenvalue weighted by Crippen LogP contribution is 2.26. The topological polar surface area (TPSA) is 135 Å². The van der Waals surface area contributed by atoms with E-state index in [1.165, 1.54) is 11.3 Å². The molecule has 0 saturated carbocycles. The summed E-state index contributed by atoms with van der Waals surface area (Å²) in [4.78, 5) is 29.3. The molecular formula is C14H18N4O3S. The van der Waals surface area contributed by atoms with Crippen LogP contribution in [0, 0.1) is 0 Å². The average molecular weight is 322 g/mol. The monoisotopic (exact) mass is 322 g/mol. The van der Waals surface area contributed by atoms with Crippen LogP contribution in [0.3, 0.4) is 0 Å². The summed E-state index contributed by atoms with van der Waals surface area (Å²) in [7, 11) is 0. The van der Waals surface area contributed by atoms with Crippen LogP contribution < -0.4 is 17.0 Å². The van der Waals surface area contributed by atoms with E-state index in [0.29, 0.717) is 16.9 Å². The molecule has 0 spiro atoms. The molecule has 0 aromatic carbocycles. The highest BCUT2D eigenvalue weighted by Gasteiger charge is 2.13. The number of hydrogen-bond donors (Lipinski definition) is 4. The van der Waals surface area contributed by atoms with Crippen LogP contribution in [0.15, 0.2) is 16.2 Å². The Bertz CT molecular complexity index is 738. The molecule has 2 heterocycles. The third-order valence-electron chi connectivity index (χ3n) is 3.53. The van der Waals surface area contributed by atoms with E-state index in [9.17, 15) is 9.59 Å². The number of nitrogens with one attached hydrogen (secondary N) is 1. The lowest BCUT2D eigenvalue weighted by Crippen LogP contribution is -2.19. The molecule has 22 heavy (non-hydrogen) atoms. The number of carboxylic acids is 1. The number of carbonyl (C=O) groups is 1. The summed E-state index contributed by atoms with van der Waals surface area (Å²) in [5, 5.41) is 10.8. The van der Waals surface area contributed by atoms with Gasteiger partial charge >= 0.3 is 5.97 Å². The Balaban J connectivity index is 1.96. The predicted octanol–water partition coefficient (Wildman–Crippen LogP) is 1.82. The molecule has 0 aliphatic rings. The molecule has 0 radical (unpaired) electrons. The van der Waals surface area contributed by atoms with E-state index in [0.717, 1.165) is 18.4 Å². The molecule has 2 rings (SSSR count). The number of carboxylic acid groups (broad SMARTS) is 1. The number of anilines is 2. The number of thiophene rings is 1. The third kappa shape index (κ3) is 3.64. The maximum atomic E-state index is 11.8. The number of aromatic nitrogens is 2. The van der Waals surface area contributed by atoms with Crippen molar-refractivity contribution in [1.82, 2.24) is 9.97 Å². The molecule has 2 aromatic rings. The zero-order valence-electron chi connectivity index (χ0n) is 12.1. The number of H-pyrrole nitrogens is 1. The molecular weight excluding hydrogens is 304 g/mol. The molecule has 0 bridgehead atoms. The summed E-state index contributed by atoms with van der Waals surface area (Å²) in [6.45, 7) is 2.03. The molecule has 0 fully saturated rings. The van der Waals surface area contributed by atoms with Gasteiger partial charge in [0.05, 0.1) is 5.56 Å². The standard InChI is InChI=1S/C14H18N4O3S/c1-7(8-5-10(13(20)21)22-6-8)3-2-4-9-11(15)17-14(16)18-12(9)19/h5-7H,2-4H2,1H3,(H,20,21)(H5,15,16,17,18,19). The number of nitrogens with two attached hydrogens (primary N) is 2. The van der Waals surface area contributed by atoms with Gasteiger partial charge in [-0.2, -0.15) is 4.98 Å². The van der Waals surface area contributed by atoms with Crippen LogP contribution in [0.4, 0.5) is 11.8 Å². The molecule has 1 unspecified atom stereocenters. The van der Waals surface area contributed by atoms with E-state index in [2.05, 4.69) is 9.97 Å². The Labute approximate surface area is 131 Å². The first kappa shape index (κ1) is 16.0. The quantitative estimate of drug-likeness (QED) is 0.640. The number of nitrogen functional groups attached to an aromatic ring is 2. The van der Waals surface area contributed by atoms with Gasteiger partial charge in [0, 0.05) is 0 Å². The van der Waals surface area contributed by atoms with E-state index in [4.69, 9.17) is 16.6 Å². The molecule has 6 N–H and O–H groups in total. The molecule has 0 saturated heterocycles. The van der Waals surface area contributed by atoms with Gasteiger partial charge in [0.1, 0.15) is 10.7 Å². The van der Waals surface area contributed by atoms with Crippen LogP contribution in [0.5, 0.6) is 0 Å². The van der Waals surface area contributed by atoms with Crippen molar-refractivity contribution >= 4 is 29.1 Å². The second kappa shape index (κ2) is 6.61. The summed E-state index contributed by atoms with van der Waals surface area (Å²) < 4.78 is 0. The van der Waals surface area contributed by atoms with Crippen LogP contribution >= 0.6 is 11.3 Å². The number of rotatable bonds is 6. The molecule has 1 atom stereocenters. The number of nitrogens with zero attached hydrogens (tertiary/aromatic N) is 1. The van der Waals surface area contributed by atoms with Gasteiger partial charge in [-0.25, -0.2) is 4.79 Å². The molecule has 7 nitrogen and oxygen atoms in total. The molecule has 118 valence electrons. The van der Waals surface area contributed by atoms with Crippen LogP contribution in [-0.4, -0.2) is 21.0 Å². The lowest BCUT2D eigenvalue weighted by atomic mass is 9.96. The first-order chi connectivity index (χ1) is 10.4.